The van der Waals surface area contributed by atoms with Crippen molar-refractivity contribution in [1.29, 1.82) is 0 Å². The van der Waals surface area contributed by atoms with Crippen LogP contribution in [-0.4, -0.2) is 34.8 Å². The molecule has 0 fully saturated rings. The number of fused-ring (bicyclic) bond motifs is 3. The number of benzene rings is 1. The predicted molar refractivity (Wildman–Crippen MR) is 126 cm³/mol. The summed E-state index contributed by atoms with van der Waals surface area (Å²) in [7, 11) is 3.59. The van der Waals surface area contributed by atoms with Crippen molar-refractivity contribution < 1.29 is 4.79 Å². The Kier molecular flexibility index (Phi) is 4.81. The molecule has 0 unspecified atom stereocenters. The molecular weight excluding hydrogens is 418 g/mol. The summed E-state index contributed by atoms with van der Waals surface area (Å²) in [5.74, 6) is -0.0904. The van der Waals surface area contributed by atoms with Crippen LogP contribution in [0.1, 0.15) is 18.2 Å². The van der Waals surface area contributed by atoms with E-state index >= 15 is 0 Å². The van der Waals surface area contributed by atoms with Crippen molar-refractivity contribution >= 4 is 27.8 Å². The fourth-order valence-electron chi connectivity index (χ4n) is 4.18. The number of carbonyl (C=O) groups is 1. The molecule has 1 aromatic carbocycles. The van der Waals surface area contributed by atoms with E-state index in [0.29, 0.717) is 6.54 Å². The monoisotopic (exact) mass is 441 g/mol. The minimum absolute atomic E-state index is 0.0904. The standard InChI is InChI=1S/C24H23N7O2/c1-14-22(13-29(3)28-14)31-23-19-8-17(18-7-16(9-25-11-18)10-26-15(2)32)5-6-20(19)27-12-21(23)30(4)24(31)33/h5-9,11-13H,10H2,1-4H3,(H,26,32). The van der Waals surface area contributed by atoms with E-state index in [4.69, 9.17) is 0 Å². The van der Waals surface area contributed by atoms with Crippen LogP contribution in [0.5, 0.6) is 0 Å². The fourth-order valence-corrected chi connectivity index (χ4v) is 4.18. The van der Waals surface area contributed by atoms with Crippen LogP contribution in [0.2, 0.25) is 0 Å². The van der Waals surface area contributed by atoms with Crippen LogP contribution in [0.25, 0.3) is 38.8 Å². The third kappa shape index (κ3) is 3.47. The molecule has 0 aliphatic carbocycles. The summed E-state index contributed by atoms with van der Waals surface area (Å²) < 4.78 is 5.02. The largest absolute Gasteiger partial charge is 0.352 e. The SMILES string of the molecule is CC(=O)NCc1cncc(-c2ccc3ncc4c(c3c2)n(-c2cn(C)nc2C)c(=O)n4C)c1. The van der Waals surface area contributed by atoms with Crippen molar-refractivity contribution in [2.45, 2.75) is 20.4 Å². The zero-order valence-electron chi connectivity index (χ0n) is 18.8. The van der Waals surface area contributed by atoms with Crippen molar-refractivity contribution in [2.75, 3.05) is 0 Å². The molecule has 0 aliphatic rings. The number of aromatic nitrogens is 6. The fraction of sp³-hybridized carbons (Fsp3) is 0.208. The molecular formula is C24H23N7O2. The molecule has 166 valence electrons. The quantitative estimate of drug-likeness (QED) is 0.462. The second kappa shape index (κ2) is 7.70. The van der Waals surface area contributed by atoms with E-state index in [2.05, 4.69) is 20.4 Å². The van der Waals surface area contributed by atoms with Crippen molar-refractivity contribution in [3.8, 4) is 16.8 Å². The molecule has 5 rings (SSSR count). The average molecular weight is 441 g/mol. The third-order valence-electron chi connectivity index (χ3n) is 5.78. The van der Waals surface area contributed by atoms with Crippen LogP contribution in [0.15, 0.2) is 53.8 Å². The normalized spacial score (nSPS) is 11.4. The van der Waals surface area contributed by atoms with Crippen LogP contribution in [0, 0.1) is 6.92 Å². The van der Waals surface area contributed by atoms with E-state index in [9.17, 15) is 9.59 Å². The third-order valence-corrected chi connectivity index (χ3v) is 5.78. The summed E-state index contributed by atoms with van der Waals surface area (Å²) >= 11 is 0. The van der Waals surface area contributed by atoms with Gasteiger partial charge < -0.3 is 5.32 Å². The van der Waals surface area contributed by atoms with Gasteiger partial charge in [0.2, 0.25) is 5.91 Å². The number of amides is 1. The molecule has 0 bridgehead atoms. The van der Waals surface area contributed by atoms with Gasteiger partial charge in [-0.05, 0) is 36.2 Å². The molecule has 0 saturated carbocycles. The molecule has 0 atom stereocenters. The van der Waals surface area contributed by atoms with E-state index in [1.807, 2.05) is 44.4 Å². The maximum atomic E-state index is 13.2. The Balaban J connectivity index is 1.74. The number of pyridine rings is 2. The molecule has 1 amide bonds. The first-order valence-electron chi connectivity index (χ1n) is 10.5. The minimum atomic E-state index is -0.153. The molecule has 4 aromatic heterocycles. The lowest BCUT2D eigenvalue weighted by molar-refractivity contribution is -0.119. The highest BCUT2D eigenvalue weighted by Gasteiger charge is 2.19. The summed E-state index contributed by atoms with van der Waals surface area (Å²) in [6.45, 7) is 3.79. The number of hydrogen-bond acceptors (Lipinski definition) is 5. The van der Waals surface area contributed by atoms with Gasteiger partial charge in [0.05, 0.1) is 34.1 Å². The van der Waals surface area contributed by atoms with Crippen LogP contribution >= 0.6 is 0 Å². The van der Waals surface area contributed by atoms with Gasteiger partial charge in [0.15, 0.2) is 0 Å². The molecule has 33 heavy (non-hydrogen) atoms. The zero-order valence-corrected chi connectivity index (χ0v) is 18.8. The number of aryl methyl sites for hydroxylation is 3. The molecule has 0 radical (unpaired) electrons. The van der Waals surface area contributed by atoms with Crippen LogP contribution in [0.4, 0.5) is 0 Å². The molecule has 0 aliphatic heterocycles. The Morgan fingerprint density at radius 3 is 2.64 bits per heavy atom. The van der Waals surface area contributed by atoms with E-state index in [-0.39, 0.29) is 11.6 Å². The van der Waals surface area contributed by atoms with Crippen molar-refractivity contribution in [3.63, 3.8) is 0 Å². The summed E-state index contributed by atoms with van der Waals surface area (Å²) in [6, 6.07) is 7.97. The van der Waals surface area contributed by atoms with E-state index in [1.54, 1.807) is 39.5 Å². The lowest BCUT2D eigenvalue weighted by atomic mass is 10.0. The minimum Gasteiger partial charge on any atom is -0.352 e. The van der Waals surface area contributed by atoms with Gasteiger partial charge in [-0.25, -0.2) is 4.79 Å². The summed E-state index contributed by atoms with van der Waals surface area (Å²) in [5.41, 5.74) is 6.43. The number of carbonyl (C=O) groups excluding carboxylic acids is 1. The molecule has 4 heterocycles. The highest BCUT2D eigenvalue weighted by molar-refractivity contribution is 6.04. The Labute approximate surface area is 189 Å². The smallest absolute Gasteiger partial charge is 0.333 e. The number of nitrogens with zero attached hydrogens (tertiary/aromatic N) is 6. The maximum Gasteiger partial charge on any atom is 0.333 e. The highest BCUT2D eigenvalue weighted by Crippen LogP contribution is 2.30. The zero-order chi connectivity index (χ0) is 23.3. The summed E-state index contributed by atoms with van der Waals surface area (Å²) in [5, 5.41) is 8.08. The molecule has 0 spiro atoms. The van der Waals surface area contributed by atoms with Crippen LogP contribution < -0.4 is 11.0 Å². The van der Waals surface area contributed by atoms with E-state index in [1.165, 1.54) is 6.92 Å². The first kappa shape index (κ1) is 20.6. The molecule has 1 N–H and O–H groups in total. The molecule has 0 saturated heterocycles. The Bertz CT molecular complexity index is 1610. The van der Waals surface area contributed by atoms with Gasteiger partial charge in [-0.2, -0.15) is 5.10 Å². The average Bonchev–Trinajstić information content (AvgIpc) is 3.26. The second-order valence-corrected chi connectivity index (χ2v) is 8.17. The molecule has 9 nitrogen and oxygen atoms in total. The predicted octanol–water partition coefficient (Wildman–Crippen LogP) is 2.62. The lowest BCUT2D eigenvalue weighted by Gasteiger charge is -2.09. The Hall–Kier alpha value is -4.27. The van der Waals surface area contributed by atoms with Gasteiger partial charge in [-0.1, -0.05) is 6.07 Å². The second-order valence-electron chi connectivity index (χ2n) is 8.17. The first-order valence-corrected chi connectivity index (χ1v) is 10.5. The van der Waals surface area contributed by atoms with E-state index in [0.717, 1.165) is 50.0 Å². The lowest BCUT2D eigenvalue weighted by Crippen LogP contribution is -2.21. The topological polar surface area (TPSA) is 99.6 Å². The van der Waals surface area contributed by atoms with E-state index < -0.39 is 0 Å². The molecule has 9 heteroatoms. The Morgan fingerprint density at radius 1 is 1.09 bits per heavy atom. The summed E-state index contributed by atoms with van der Waals surface area (Å²) in [6.07, 6.45) is 7.11. The van der Waals surface area contributed by atoms with Crippen LogP contribution in [0.3, 0.4) is 0 Å². The highest BCUT2D eigenvalue weighted by atomic mass is 16.2. The Morgan fingerprint density at radius 2 is 1.91 bits per heavy atom. The number of hydrogen-bond donors (Lipinski definition) is 1. The van der Waals surface area contributed by atoms with Gasteiger partial charge in [-0.15, -0.1) is 0 Å². The number of imidazole rings is 1. The maximum absolute atomic E-state index is 13.2. The van der Waals surface area contributed by atoms with Crippen LogP contribution in [-0.2, 0) is 25.4 Å². The summed E-state index contributed by atoms with van der Waals surface area (Å²) in [4.78, 5) is 33.4. The number of rotatable bonds is 4. The van der Waals surface area contributed by atoms with Gasteiger partial charge in [0.25, 0.3) is 0 Å². The van der Waals surface area contributed by atoms with Crippen molar-refractivity contribution in [2.24, 2.45) is 14.1 Å². The van der Waals surface area contributed by atoms with Crippen molar-refractivity contribution in [3.05, 3.63) is 70.8 Å². The van der Waals surface area contributed by atoms with Gasteiger partial charge >= 0.3 is 5.69 Å². The van der Waals surface area contributed by atoms with Crippen molar-refractivity contribution in [1.82, 2.24) is 34.2 Å². The first-order chi connectivity index (χ1) is 15.8. The number of nitrogens with one attached hydrogen (secondary N) is 1. The van der Waals surface area contributed by atoms with Gasteiger partial charge in [0.1, 0.15) is 0 Å². The van der Waals surface area contributed by atoms with Gasteiger partial charge in [-0.3, -0.25) is 28.6 Å². The van der Waals surface area contributed by atoms with Gasteiger partial charge in [0, 0.05) is 57.1 Å². The molecule has 5 aromatic rings.